The number of carbonyl (C=O) groups excluding carboxylic acids is 1. The van der Waals surface area contributed by atoms with E-state index in [1.165, 1.54) is 5.56 Å². The molecule has 0 N–H and O–H groups in total. The molecule has 0 heterocycles. The number of hydrogen-bond acceptors (Lipinski definition) is 2. The molecule has 0 bridgehead atoms. The Kier molecular flexibility index (Phi) is 3.14. The van der Waals surface area contributed by atoms with Crippen LogP contribution in [0.15, 0.2) is 18.2 Å². The number of rotatable bonds is 3. The molecule has 0 atom stereocenters. The molecule has 1 aliphatic rings. The van der Waals surface area contributed by atoms with E-state index in [0.717, 1.165) is 18.4 Å². The Balaban J connectivity index is 2.22. The summed E-state index contributed by atoms with van der Waals surface area (Å²) in [5, 5.41) is 8.76. The summed E-state index contributed by atoms with van der Waals surface area (Å²) < 4.78 is 0. The van der Waals surface area contributed by atoms with Crippen molar-refractivity contribution in [3.05, 3.63) is 34.9 Å². The quantitative estimate of drug-likeness (QED) is 0.746. The van der Waals surface area contributed by atoms with E-state index in [1.807, 2.05) is 32.0 Å². The van der Waals surface area contributed by atoms with E-state index in [1.54, 1.807) is 4.90 Å². The Morgan fingerprint density at radius 1 is 1.41 bits per heavy atom. The molecule has 17 heavy (non-hydrogen) atoms. The van der Waals surface area contributed by atoms with E-state index >= 15 is 0 Å². The molecule has 0 spiro atoms. The summed E-state index contributed by atoms with van der Waals surface area (Å²) >= 11 is 0. The molecule has 1 saturated carbocycles. The van der Waals surface area contributed by atoms with Gasteiger partial charge < -0.3 is 4.90 Å². The van der Waals surface area contributed by atoms with Crippen molar-refractivity contribution >= 4 is 5.91 Å². The van der Waals surface area contributed by atoms with Crippen molar-refractivity contribution in [1.82, 2.24) is 4.90 Å². The molecule has 1 aliphatic carbocycles. The SMILES string of the molecule is Cc1ccc(C(=O)N(CC#N)C2CC2)cc1C. The molecule has 1 aromatic carbocycles. The van der Waals surface area contributed by atoms with Crippen LogP contribution in [-0.2, 0) is 0 Å². The lowest BCUT2D eigenvalue weighted by atomic mass is 10.1. The second-order valence-corrected chi connectivity index (χ2v) is 4.62. The van der Waals surface area contributed by atoms with E-state index in [9.17, 15) is 4.79 Å². The van der Waals surface area contributed by atoms with Crippen molar-refractivity contribution in [1.29, 1.82) is 5.26 Å². The zero-order valence-corrected chi connectivity index (χ0v) is 10.2. The van der Waals surface area contributed by atoms with Crippen molar-refractivity contribution in [2.45, 2.75) is 32.7 Å². The lowest BCUT2D eigenvalue weighted by Gasteiger charge is -2.19. The number of benzene rings is 1. The summed E-state index contributed by atoms with van der Waals surface area (Å²) in [5.41, 5.74) is 2.98. The van der Waals surface area contributed by atoms with Gasteiger partial charge in [0, 0.05) is 11.6 Å². The third-order valence-corrected chi connectivity index (χ3v) is 3.24. The molecule has 88 valence electrons. The Bertz CT molecular complexity index is 483. The minimum Gasteiger partial charge on any atom is -0.322 e. The average molecular weight is 228 g/mol. The summed E-state index contributed by atoms with van der Waals surface area (Å²) in [4.78, 5) is 13.9. The van der Waals surface area contributed by atoms with Gasteiger partial charge in [-0.2, -0.15) is 5.26 Å². The molecule has 2 rings (SSSR count). The Morgan fingerprint density at radius 2 is 2.12 bits per heavy atom. The number of nitriles is 1. The highest BCUT2D eigenvalue weighted by Crippen LogP contribution is 2.28. The van der Waals surface area contributed by atoms with Gasteiger partial charge in [0.15, 0.2) is 0 Å². The standard InChI is InChI=1S/C14H16N2O/c1-10-3-4-12(9-11(10)2)14(17)16(8-7-15)13-5-6-13/h3-4,9,13H,5-6,8H2,1-2H3. The average Bonchev–Trinajstić information content (AvgIpc) is 3.13. The lowest BCUT2D eigenvalue weighted by Crippen LogP contribution is -2.33. The lowest BCUT2D eigenvalue weighted by molar-refractivity contribution is 0.0765. The van der Waals surface area contributed by atoms with Gasteiger partial charge in [-0.3, -0.25) is 4.79 Å². The minimum absolute atomic E-state index is 0.0165. The molecule has 0 unspecified atom stereocenters. The molecule has 1 fully saturated rings. The van der Waals surface area contributed by atoms with Crippen LogP contribution in [0.4, 0.5) is 0 Å². The van der Waals surface area contributed by atoms with Crippen LogP contribution in [0.1, 0.15) is 34.3 Å². The van der Waals surface area contributed by atoms with Crippen molar-refractivity contribution in [3.63, 3.8) is 0 Å². The first-order valence-electron chi connectivity index (χ1n) is 5.88. The molecule has 0 aromatic heterocycles. The van der Waals surface area contributed by atoms with E-state index in [0.29, 0.717) is 5.56 Å². The van der Waals surface area contributed by atoms with E-state index in [4.69, 9.17) is 5.26 Å². The summed E-state index contributed by atoms with van der Waals surface area (Å²) in [7, 11) is 0. The van der Waals surface area contributed by atoms with Crippen molar-refractivity contribution < 1.29 is 4.79 Å². The normalized spacial score (nSPS) is 14.2. The summed E-state index contributed by atoms with van der Waals surface area (Å²) in [6.45, 7) is 4.21. The molecular weight excluding hydrogens is 212 g/mol. The van der Waals surface area contributed by atoms with Gasteiger partial charge in [-0.15, -0.1) is 0 Å². The maximum Gasteiger partial charge on any atom is 0.254 e. The van der Waals surface area contributed by atoms with Crippen LogP contribution in [0, 0.1) is 25.2 Å². The van der Waals surface area contributed by atoms with E-state index in [-0.39, 0.29) is 18.5 Å². The highest BCUT2D eigenvalue weighted by atomic mass is 16.2. The molecule has 1 aromatic rings. The third kappa shape index (κ3) is 2.47. The van der Waals surface area contributed by atoms with Gasteiger partial charge in [-0.1, -0.05) is 6.07 Å². The Hall–Kier alpha value is -1.82. The van der Waals surface area contributed by atoms with Gasteiger partial charge in [-0.25, -0.2) is 0 Å². The zero-order chi connectivity index (χ0) is 12.4. The number of hydrogen-bond donors (Lipinski definition) is 0. The molecule has 1 amide bonds. The number of nitrogens with zero attached hydrogens (tertiary/aromatic N) is 2. The van der Waals surface area contributed by atoms with E-state index in [2.05, 4.69) is 6.07 Å². The first-order valence-corrected chi connectivity index (χ1v) is 5.88. The summed E-state index contributed by atoms with van der Waals surface area (Å²) in [5.74, 6) is -0.0165. The van der Waals surface area contributed by atoms with Gasteiger partial charge in [0.05, 0.1) is 6.07 Å². The molecule has 3 heteroatoms. The topological polar surface area (TPSA) is 44.1 Å². The van der Waals surface area contributed by atoms with Gasteiger partial charge in [0.2, 0.25) is 0 Å². The fourth-order valence-electron chi connectivity index (χ4n) is 1.87. The van der Waals surface area contributed by atoms with E-state index < -0.39 is 0 Å². The predicted molar refractivity (Wildman–Crippen MR) is 65.6 cm³/mol. The second-order valence-electron chi connectivity index (χ2n) is 4.62. The summed E-state index contributed by atoms with van der Waals surface area (Å²) in [6, 6.07) is 8.06. The van der Waals surface area contributed by atoms with Crippen LogP contribution in [-0.4, -0.2) is 23.4 Å². The van der Waals surface area contributed by atoms with Crippen molar-refractivity contribution in [2.75, 3.05) is 6.54 Å². The predicted octanol–water partition coefficient (Wildman–Crippen LogP) is 2.43. The van der Waals surface area contributed by atoms with Crippen LogP contribution in [0.25, 0.3) is 0 Å². The monoisotopic (exact) mass is 228 g/mol. The first kappa shape index (κ1) is 11.7. The fraction of sp³-hybridized carbons (Fsp3) is 0.429. The van der Waals surface area contributed by atoms with Gasteiger partial charge >= 0.3 is 0 Å². The maximum atomic E-state index is 12.3. The van der Waals surface area contributed by atoms with Gasteiger partial charge in [-0.05, 0) is 49.9 Å². The summed E-state index contributed by atoms with van der Waals surface area (Å²) in [6.07, 6.45) is 2.05. The minimum atomic E-state index is -0.0165. The molecule has 0 saturated heterocycles. The zero-order valence-electron chi connectivity index (χ0n) is 10.2. The second kappa shape index (κ2) is 4.58. The Labute approximate surface area is 102 Å². The largest absolute Gasteiger partial charge is 0.322 e. The molecular formula is C14H16N2O. The van der Waals surface area contributed by atoms with Gasteiger partial charge in [0.25, 0.3) is 5.91 Å². The van der Waals surface area contributed by atoms with Crippen molar-refractivity contribution in [2.24, 2.45) is 0 Å². The highest BCUT2D eigenvalue weighted by molar-refractivity contribution is 5.95. The van der Waals surface area contributed by atoms with Crippen molar-refractivity contribution in [3.8, 4) is 6.07 Å². The number of carbonyl (C=O) groups is 1. The van der Waals surface area contributed by atoms with Crippen LogP contribution >= 0.6 is 0 Å². The van der Waals surface area contributed by atoms with Crippen LogP contribution in [0.3, 0.4) is 0 Å². The fourth-order valence-corrected chi connectivity index (χ4v) is 1.87. The van der Waals surface area contributed by atoms with Crippen LogP contribution in [0.5, 0.6) is 0 Å². The molecule has 3 nitrogen and oxygen atoms in total. The number of aryl methyl sites for hydroxylation is 2. The highest BCUT2D eigenvalue weighted by Gasteiger charge is 2.32. The Morgan fingerprint density at radius 3 is 2.65 bits per heavy atom. The smallest absolute Gasteiger partial charge is 0.254 e. The molecule has 0 radical (unpaired) electrons. The maximum absolute atomic E-state index is 12.3. The van der Waals surface area contributed by atoms with Gasteiger partial charge in [0.1, 0.15) is 6.54 Å². The number of amides is 1. The first-order chi connectivity index (χ1) is 8.13. The third-order valence-electron chi connectivity index (χ3n) is 3.24. The molecule has 0 aliphatic heterocycles. The van der Waals surface area contributed by atoms with Crippen LogP contribution in [0.2, 0.25) is 0 Å². The van der Waals surface area contributed by atoms with Crippen LogP contribution < -0.4 is 0 Å².